The highest BCUT2D eigenvalue weighted by Gasteiger charge is 2.17. The molecule has 5 nitrogen and oxygen atoms in total. The predicted octanol–water partition coefficient (Wildman–Crippen LogP) is 2.15. The van der Waals surface area contributed by atoms with Crippen LogP contribution in [0.25, 0.3) is 0 Å². The van der Waals surface area contributed by atoms with Gasteiger partial charge >= 0.3 is 0 Å². The normalized spacial score (nSPS) is 12.9. The monoisotopic (exact) mass is 379 g/mol. The van der Waals surface area contributed by atoms with Crippen LogP contribution in [0.1, 0.15) is 16.7 Å². The number of aromatic nitrogens is 3. The summed E-state index contributed by atoms with van der Waals surface area (Å²) in [6.07, 6.45) is 2.25. The lowest BCUT2D eigenvalue weighted by Crippen LogP contribution is -2.29. The molecule has 0 aliphatic rings. The standard InChI is InChI=1S/C9H11Br2N5S/c1-16-8(13-4-14-16)3-6(15-12)7-2-5(10)9(11)17-7/h2,4,6,15H,3,12H2,1H3. The Hall–Kier alpha value is -0.280. The van der Waals surface area contributed by atoms with Gasteiger partial charge in [0.2, 0.25) is 0 Å². The second kappa shape index (κ2) is 5.57. The van der Waals surface area contributed by atoms with Gasteiger partial charge in [0.25, 0.3) is 0 Å². The van der Waals surface area contributed by atoms with Gasteiger partial charge in [0.15, 0.2) is 0 Å². The molecule has 0 aromatic carbocycles. The zero-order valence-electron chi connectivity index (χ0n) is 9.02. The van der Waals surface area contributed by atoms with Crippen LogP contribution in [-0.2, 0) is 13.5 Å². The molecule has 1 unspecified atom stereocenters. The fraction of sp³-hybridized carbons (Fsp3) is 0.333. The first kappa shape index (κ1) is 13.2. The summed E-state index contributed by atoms with van der Waals surface area (Å²) in [5.41, 5.74) is 2.81. The number of nitrogens with one attached hydrogen (secondary N) is 1. The topological polar surface area (TPSA) is 68.8 Å². The third kappa shape index (κ3) is 2.94. The molecule has 0 aliphatic carbocycles. The van der Waals surface area contributed by atoms with Crippen LogP contribution in [0, 0.1) is 0 Å². The Labute approximate surface area is 120 Å². The van der Waals surface area contributed by atoms with Crippen molar-refractivity contribution in [3.8, 4) is 0 Å². The quantitative estimate of drug-likeness (QED) is 0.629. The number of hydrogen-bond acceptors (Lipinski definition) is 5. The van der Waals surface area contributed by atoms with Gasteiger partial charge in [-0.1, -0.05) is 0 Å². The molecule has 2 heterocycles. The molecule has 3 N–H and O–H groups in total. The Kier molecular flexibility index (Phi) is 4.31. The van der Waals surface area contributed by atoms with E-state index in [0.29, 0.717) is 6.42 Å². The van der Waals surface area contributed by atoms with Crippen LogP contribution in [-0.4, -0.2) is 14.8 Å². The van der Waals surface area contributed by atoms with E-state index in [1.165, 1.54) is 0 Å². The van der Waals surface area contributed by atoms with E-state index in [9.17, 15) is 0 Å². The largest absolute Gasteiger partial charge is 0.271 e. The van der Waals surface area contributed by atoms with E-state index in [1.807, 2.05) is 7.05 Å². The molecule has 1 atom stereocenters. The number of nitrogens with zero attached hydrogens (tertiary/aromatic N) is 3. The van der Waals surface area contributed by atoms with E-state index < -0.39 is 0 Å². The Bertz CT molecular complexity index is 490. The molecule has 17 heavy (non-hydrogen) atoms. The second-order valence-electron chi connectivity index (χ2n) is 3.49. The Morgan fingerprint density at radius 3 is 2.82 bits per heavy atom. The molecule has 2 aromatic heterocycles. The number of aryl methyl sites for hydroxylation is 1. The average molecular weight is 381 g/mol. The van der Waals surface area contributed by atoms with Crippen LogP contribution in [0.2, 0.25) is 0 Å². The Balaban J connectivity index is 2.20. The van der Waals surface area contributed by atoms with Crippen molar-refractivity contribution >= 4 is 43.2 Å². The number of nitrogens with two attached hydrogens (primary N) is 1. The number of hydrazine groups is 1. The van der Waals surface area contributed by atoms with Gasteiger partial charge in [0, 0.05) is 22.8 Å². The van der Waals surface area contributed by atoms with E-state index in [4.69, 9.17) is 5.84 Å². The van der Waals surface area contributed by atoms with Crippen LogP contribution in [0.5, 0.6) is 0 Å². The molecule has 2 aromatic rings. The molecule has 0 fully saturated rings. The first-order valence-electron chi connectivity index (χ1n) is 4.85. The van der Waals surface area contributed by atoms with Crippen molar-refractivity contribution in [2.24, 2.45) is 12.9 Å². The van der Waals surface area contributed by atoms with Gasteiger partial charge in [-0.25, -0.2) is 4.98 Å². The van der Waals surface area contributed by atoms with Gasteiger partial charge in [0.05, 0.1) is 9.83 Å². The molecule has 0 radical (unpaired) electrons. The maximum absolute atomic E-state index is 5.60. The molecule has 2 rings (SSSR count). The molecule has 0 spiro atoms. The summed E-state index contributed by atoms with van der Waals surface area (Å²) in [5, 5.41) is 4.04. The van der Waals surface area contributed by atoms with Crippen molar-refractivity contribution in [2.75, 3.05) is 0 Å². The number of hydrogen-bond donors (Lipinski definition) is 2. The van der Waals surface area contributed by atoms with E-state index in [0.717, 1.165) is 19.0 Å². The third-order valence-corrected chi connectivity index (χ3v) is 5.77. The molecule has 0 bridgehead atoms. The highest BCUT2D eigenvalue weighted by Crippen LogP contribution is 2.36. The van der Waals surface area contributed by atoms with Gasteiger partial charge in [-0.2, -0.15) is 5.10 Å². The van der Waals surface area contributed by atoms with Gasteiger partial charge in [-0.15, -0.1) is 11.3 Å². The molecular formula is C9H11Br2N5S. The molecule has 8 heteroatoms. The lowest BCUT2D eigenvalue weighted by atomic mass is 10.2. The maximum atomic E-state index is 5.60. The minimum Gasteiger partial charge on any atom is -0.271 e. The average Bonchev–Trinajstić information content (AvgIpc) is 2.83. The molecular weight excluding hydrogens is 370 g/mol. The highest BCUT2D eigenvalue weighted by molar-refractivity contribution is 9.13. The number of thiophene rings is 1. The second-order valence-corrected chi connectivity index (χ2v) is 6.75. The van der Waals surface area contributed by atoms with Gasteiger partial charge < -0.3 is 0 Å². The zero-order valence-corrected chi connectivity index (χ0v) is 13.0. The summed E-state index contributed by atoms with van der Waals surface area (Å²) in [6, 6.07) is 2.08. The van der Waals surface area contributed by atoms with E-state index in [-0.39, 0.29) is 6.04 Å². The summed E-state index contributed by atoms with van der Waals surface area (Å²) >= 11 is 8.59. The number of rotatable bonds is 4. The maximum Gasteiger partial charge on any atom is 0.138 e. The summed E-state index contributed by atoms with van der Waals surface area (Å²) in [7, 11) is 1.87. The first-order valence-corrected chi connectivity index (χ1v) is 7.25. The van der Waals surface area contributed by atoms with Crippen molar-refractivity contribution in [2.45, 2.75) is 12.5 Å². The van der Waals surface area contributed by atoms with Crippen LogP contribution < -0.4 is 11.3 Å². The minimum atomic E-state index is 0.0329. The highest BCUT2D eigenvalue weighted by atomic mass is 79.9. The lowest BCUT2D eigenvalue weighted by Gasteiger charge is -2.13. The molecule has 92 valence electrons. The van der Waals surface area contributed by atoms with E-state index in [1.54, 1.807) is 22.3 Å². The fourth-order valence-corrected chi connectivity index (χ4v) is 3.61. The molecule has 0 amide bonds. The van der Waals surface area contributed by atoms with Gasteiger partial charge in [-0.05, 0) is 37.9 Å². The van der Waals surface area contributed by atoms with Crippen molar-refractivity contribution < 1.29 is 0 Å². The van der Waals surface area contributed by atoms with E-state index >= 15 is 0 Å². The summed E-state index contributed by atoms with van der Waals surface area (Å²) < 4.78 is 3.85. The SMILES string of the molecule is Cn1ncnc1CC(NN)c1cc(Br)c(Br)s1. The van der Waals surface area contributed by atoms with Crippen LogP contribution in [0.4, 0.5) is 0 Å². The predicted molar refractivity (Wildman–Crippen MR) is 74.5 cm³/mol. The summed E-state index contributed by atoms with van der Waals surface area (Å²) in [6.45, 7) is 0. The Morgan fingerprint density at radius 2 is 2.35 bits per heavy atom. The van der Waals surface area contributed by atoms with Crippen LogP contribution in [0.15, 0.2) is 20.7 Å². The van der Waals surface area contributed by atoms with Crippen molar-refractivity contribution in [1.29, 1.82) is 0 Å². The van der Waals surface area contributed by atoms with Gasteiger partial charge in [-0.3, -0.25) is 16.0 Å². The van der Waals surface area contributed by atoms with Crippen LogP contribution in [0.3, 0.4) is 0 Å². The lowest BCUT2D eigenvalue weighted by molar-refractivity contribution is 0.530. The smallest absolute Gasteiger partial charge is 0.138 e. The van der Waals surface area contributed by atoms with Crippen molar-refractivity contribution in [3.63, 3.8) is 0 Å². The molecule has 0 saturated heterocycles. The third-order valence-electron chi connectivity index (χ3n) is 2.40. The van der Waals surface area contributed by atoms with Gasteiger partial charge in [0.1, 0.15) is 12.2 Å². The van der Waals surface area contributed by atoms with E-state index in [2.05, 4.69) is 53.4 Å². The van der Waals surface area contributed by atoms with Crippen molar-refractivity contribution in [1.82, 2.24) is 20.2 Å². The molecule has 0 aliphatic heterocycles. The molecule has 0 saturated carbocycles. The zero-order chi connectivity index (χ0) is 12.4. The fourth-order valence-electron chi connectivity index (χ4n) is 1.46. The summed E-state index contributed by atoms with van der Waals surface area (Å²) in [4.78, 5) is 5.34. The first-order chi connectivity index (χ1) is 8.11. The number of halogens is 2. The van der Waals surface area contributed by atoms with Crippen LogP contribution >= 0.6 is 43.2 Å². The minimum absolute atomic E-state index is 0.0329. The summed E-state index contributed by atoms with van der Waals surface area (Å²) in [5.74, 6) is 6.50. The Morgan fingerprint density at radius 1 is 1.59 bits per heavy atom. The van der Waals surface area contributed by atoms with Crippen molar-refractivity contribution in [3.05, 3.63) is 31.4 Å².